The van der Waals surface area contributed by atoms with Gasteiger partial charge in [0.1, 0.15) is 16.8 Å². The molecule has 0 unspecified atom stereocenters. The van der Waals surface area contributed by atoms with Crippen molar-refractivity contribution in [1.29, 1.82) is 5.26 Å². The van der Waals surface area contributed by atoms with E-state index in [0.29, 0.717) is 42.1 Å². The van der Waals surface area contributed by atoms with Crippen molar-refractivity contribution in [1.82, 2.24) is 5.32 Å². The van der Waals surface area contributed by atoms with E-state index in [1.165, 1.54) is 13.1 Å². The molecule has 1 saturated heterocycles. The van der Waals surface area contributed by atoms with E-state index in [1.807, 2.05) is 0 Å². The summed E-state index contributed by atoms with van der Waals surface area (Å²) in [7, 11) is 1.50. The van der Waals surface area contributed by atoms with Crippen LogP contribution in [0, 0.1) is 23.5 Å². The largest absolute Gasteiger partial charge is 0.618 e. The van der Waals surface area contributed by atoms with Crippen molar-refractivity contribution in [2.75, 3.05) is 16.8 Å². The normalized spacial score (nSPS) is 17.1. The maximum atomic E-state index is 13.5. The van der Waals surface area contributed by atoms with Gasteiger partial charge in [-0.25, -0.2) is 4.90 Å². The summed E-state index contributed by atoms with van der Waals surface area (Å²) in [5.41, 5.74) is -2.49. The smallest absolute Gasteiger partial charge is 0.423 e. The van der Waals surface area contributed by atoms with Crippen LogP contribution in [0.5, 0.6) is 0 Å². The number of hydrogen-bond donors (Lipinski definition) is 1. The maximum Gasteiger partial charge on any atom is 0.423 e. The fraction of sp³-hybridized carbons (Fsp3) is 0.318. The van der Waals surface area contributed by atoms with Gasteiger partial charge in [-0.15, -0.1) is 0 Å². The van der Waals surface area contributed by atoms with E-state index in [-0.39, 0.29) is 21.4 Å². The molecule has 1 aliphatic carbocycles. The van der Waals surface area contributed by atoms with Crippen LogP contribution < -0.4 is 19.8 Å². The fourth-order valence-corrected chi connectivity index (χ4v) is 4.86. The number of carbonyl (C=O) groups excluding carboxylic acids is 2. The Hall–Kier alpha value is -3.72. The molecule has 0 atom stereocenters. The molecule has 1 aromatic carbocycles. The number of halogens is 3. The molecule has 0 bridgehead atoms. The van der Waals surface area contributed by atoms with Crippen LogP contribution in [0.25, 0.3) is 0 Å². The molecular formula is C22H18F3N5O3S. The van der Waals surface area contributed by atoms with Crippen molar-refractivity contribution in [2.45, 2.75) is 37.9 Å². The lowest BCUT2D eigenvalue weighted by Crippen LogP contribution is -2.55. The van der Waals surface area contributed by atoms with E-state index in [0.717, 1.165) is 11.1 Å². The number of anilines is 2. The number of nitriles is 1. The van der Waals surface area contributed by atoms with Crippen LogP contribution in [-0.2, 0) is 11.0 Å². The van der Waals surface area contributed by atoms with Gasteiger partial charge >= 0.3 is 11.9 Å². The number of thiocarbonyl (C=S) groups is 1. The van der Waals surface area contributed by atoms with Crippen molar-refractivity contribution in [3.8, 4) is 6.07 Å². The summed E-state index contributed by atoms with van der Waals surface area (Å²) >= 11 is 5.54. The Labute approximate surface area is 197 Å². The minimum absolute atomic E-state index is 0.0883. The van der Waals surface area contributed by atoms with Crippen LogP contribution >= 0.6 is 12.2 Å². The fourth-order valence-electron chi connectivity index (χ4n) is 4.39. The van der Waals surface area contributed by atoms with E-state index >= 15 is 0 Å². The second kappa shape index (κ2) is 7.95. The Morgan fingerprint density at radius 3 is 2.47 bits per heavy atom. The third kappa shape index (κ3) is 3.35. The monoisotopic (exact) mass is 489 g/mol. The highest BCUT2D eigenvalue weighted by atomic mass is 32.1. The van der Waals surface area contributed by atoms with Gasteiger partial charge in [0.25, 0.3) is 11.8 Å². The molecule has 1 spiro atoms. The minimum atomic E-state index is -4.99. The predicted molar refractivity (Wildman–Crippen MR) is 119 cm³/mol. The number of hydrogen-bond acceptors (Lipinski definition) is 5. The number of pyridine rings is 1. The summed E-state index contributed by atoms with van der Waals surface area (Å²) in [6.07, 6.45) is -2.71. The second-order valence-electron chi connectivity index (χ2n) is 8.12. The number of carbonyl (C=O) groups is 2. The standard InChI is InChI=1S/C22H18F3N5O3S/c1-12-8-13(4-5-15(12)18(31)27-2)30-20(34)29(19(32)21(30)6-3-7-21)14-9-16(22(23,24)25)17(10-26)28(33)11-14/h4-5,8-9,11H,3,6-7H2,1-2H3,(H,27,31). The summed E-state index contributed by atoms with van der Waals surface area (Å²) in [5, 5.41) is 23.7. The van der Waals surface area contributed by atoms with Crippen LogP contribution in [0.15, 0.2) is 30.5 Å². The zero-order chi connectivity index (χ0) is 25.0. The van der Waals surface area contributed by atoms with E-state index in [2.05, 4.69) is 5.32 Å². The average Bonchev–Trinajstić information content (AvgIpc) is 2.98. The van der Waals surface area contributed by atoms with Crippen molar-refractivity contribution >= 4 is 40.5 Å². The van der Waals surface area contributed by atoms with Crippen LogP contribution in [0.2, 0.25) is 0 Å². The molecule has 1 saturated carbocycles. The third-order valence-corrected chi connectivity index (χ3v) is 6.58. The number of benzene rings is 1. The minimum Gasteiger partial charge on any atom is -0.618 e. The van der Waals surface area contributed by atoms with Gasteiger partial charge in [-0.3, -0.25) is 9.59 Å². The number of amides is 2. The van der Waals surface area contributed by atoms with Crippen molar-refractivity contribution in [3.63, 3.8) is 0 Å². The first kappa shape index (κ1) is 23.4. The average molecular weight is 489 g/mol. The molecule has 2 aromatic rings. The molecule has 4 rings (SSSR count). The first-order valence-corrected chi connectivity index (χ1v) is 10.6. The SMILES string of the molecule is CNC(=O)c1ccc(N2C(=S)N(c3cc(C(F)(F)F)c(C#N)[n+]([O-])c3)C(=O)C23CCC3)cc1C. The number of aryl methyl sites for hydroxylation is 1. The number of nitrogens with one attached hydrogen (secondary N) is 1. The number of nitrogens with zero attached hydrogens (tertiary/aromatic N) is 4. The van der Waals surface area contributed by atoms with Crippen LogP contribution in [0.4, 0.5) is 24.5 Å². The maximum absolute atomic E-state index is 13.5. The summed E-state index contributed by atoms with van der Waals surface area (Å²) in [5.74, 6) is -0.837. The molecule has 34 heavy (non-hydrogen) atoms. The molecule has 2 aliphatic rings. The van der Waals surface area contributed by atoms with Gasteiger partial charge in [0.05, 0.1) is 0 Å². The Bertz CT molecular complexity index is 1280. The van der Waals surface area contributed by atoms with Crippen LogP contribution in [-0.4, -0.2) is 29.5 Å². The molecule has 12 heteroatoms. The summed E-state index contributed by atoms with van der Waals surface area (Å²) < 4.78 is 40.4. The first-order chi connectivity index (χ1) is 16.0. The van der Waals surface area contributed by atoms with Gasteiger partial charge in [0, 0.05) is 18.3 Å². The van der Waals surface area contributed by atoms with Crippen molar-refractivity contribution in [2.24, 2.45) is 0 Å². The van der Waals surface area contributed by atoms with E-state index in [4.69, 9.17) is 17.5 Å². The van der Waals surface area contributed by atoms with E-state index in [9.17, 15) is 28.0 Å². The van der Waals surface area contributed by atoms with Gasteiger partial charge in [0.15, 0.2) is 11.2 Å². The summed E-state index contributed by atoms with van der Waals surface area (Å²) in [6.45, 7) is 1.72. The molecule has 2 fully saturated rings. The third-order valence-electron chi connectivity index (χ3n) is 6.22. The molecule has 1 N–H and O–H groups in total. The lowest BCUT2D eigenvalue weighted by Gasteiger charge is -2.43. The second-order valence-corrected chi connectivity index (χ2v) is 8.48. The van der Waals surface area contributed by atoms with Crippen molar-refractivity contribution < 1.29 is 27.5 Å². The Balaban J connectivity index is 1.83. The Morgan fingerprint density at radius 2 is 1.97 bits per heavy atom. The van der Waals surface area contributed by atoms with Crippen LogP contribution in [0.3, 0.4) is 0 Å². The zero-order valence-corrected chi connectivity index (χ0v) is 18.9. The number of alkyl halides is 3. The number of aromatic nitrogens is 1. The lowest BCUT2D eigenvalue weighted by molar-refractivity contribution is -0.608. The molecule has 176 valence electrons. The van der Waals surface area contributed by atoms with E-state index in [1.54, 1.807) is 30.0 Å². The van der Waals surface area contributed by atoms with E-state index < -0.39 is 28.9 Å². The molecule has 0 radical (unpaired) electrons. The Kier molecular flexibility index (Phi) is 5.48. The number of rotatable bonds is 3. The highest BCUT2D eigenvalue weighted by molar-refractivity contribution is 7.81. The summed E-state index contributed by atoms with van der Waals surface area (Å²) in [6, 6.07) is 6.74. The Morgan fingerprint density at radius 1 is 1.29 bits per heavy atom. The first-order valence-electron chi connectivity index (χ1n) is 10.2. The predicted octanol–water partition coefficient (Wildman–Crippen LogP) is 2.94. The van der Waals surface area contributed by atoms with Crippen molar-refractivity contribution in [3.05, 3.63) is 58.1 Å². The van der Waals surface area contributed by atoms with Gasteiger partial charge in [-0.05, 0) is 68.2 Å². The van der Waals surface area contributed by atoms with Gasteiger partial charge in [0.2, 0.25) is 6.20 Å². The van der Waals surface area contributed by atoms with Crippen LogP contribution in [0.1, 0.15) is 46.4 Å². The molecule has 1 aromatic heterocycles. The topological polar surface area (TPSA) is 103 Å². The summed E-state index contributed by atoms with van der Waals surface area (Å²) in [4.78, 5) is 28.1. The highest BCUT2D eigenvalue weighted by Gasteiger charge is 2.60. The van der Waals surface area contributed by atoms with Gasteiger partial charge in [-0.1, -0.05) is 0 Å². The molecular weight excluding hydrogens is 471 g/mol. The lowest BCUT2D eigenvalue weighted by atomic mass is 9.75. The van der Waals surface area contributed by atoms with Gasteiger partial charge in [-0.2, -0.15) is 23.2 Å². The van der Waals surface area contributed by atoms with Gasteiger partial charge < -0.3 is 15.4 Å². The molecule has 2 amide bonds. The molecule has 8 nitrogen and oxygen atoms in total. The quantitative estimate of drug-likeness (QED) is 0.404. The zero-order valence-electron chi connectivity index (χ0n) is 18.1. The highest BCUT2D eigenvalue weighted by Crippen LogP contribution is 2.48. The molecule has 1 aliphatic heterocycles. The molecule has 2 heterocycles.